The number of aromatic nitrogens is 2. The smallest absolute Gasteiger partial charge is 0.434 e. The summed E-state index contributed by atoms with van der Waals surface area (Å²) in [4.78, 5) is 0. The molecule has 0 bridgehead atoms. The van der Waals surface area contributed by atoms with Crippen LogP contribution in [-0.4, -0.2) is 14.2 Å². The summed E-state index contributed by atoms with van der Waals surface area (Å²) in [7, 11) is 3.47. The quantitative estimate of drug-likeness (QED) is 0.333. The largest absolute Gasteiger partial charge is 0.496 e. The predicted octanol–water partition coefficient (Wildman–Crippen LogP) is 3.29. The van der Waals surface area contributed by atoms with Crippen LogP contribution in [0, 0.1) is 0 Å². The molecule has 3 aliphatic carbocycles. The number of hydrogen-bond donors (Lipinski definition) is 2. The predicted molar refractivity (Wildman–Crippen MR) is 152 cm³/mol. The Kier molecular flexibility index (Phi) is 3.71. The van der Waals surface area contributed by atoms with Crippen LogP contribution in [0.4, 0.5) is 0 Å². The van der Waals surface area contributed by atoms with Crippen LogP contribution in [0.15, 0.2) is 79.1 Å². The fourth-order valence-corrected chi connectivity index (χ4v) is 9.15. The third-order valence-electron chi connectivity index (χ3n) is 10.5. The summed E-state index contributed by atoms with van der Waals surface area (Å²) in [6.07, 6.45) is 5.91. The first-order valence-electron chi connectivity index (χ1n) is 14.2. The number of nitrogens with two attached hydrogens (primary N) is 2. The normalized spacial score (nSPS) is 23.9. The first kappa shape index (κ1) is 22.2. The molecule has 5 aliphatic rings. The molecule has 2 atom stereocenters. The Morgan fingerprint density at radius 2 is 1.07 bits per heavy atom. The molecule has 5 aromatic rings. The van der Waals surface area contributed by atoms with Gasteiger partial charge in [-0.2, -0.15) is 0 Å². The van der Waals surface area contributed by atoms with E-state index >= 15 is 0 Å². The molecule has 1 aromatic heterocycles. The van der Waals surface area contributed by atoms with Gasteiger partial charge in [0.05, 0.1) is 42.5 Å². The number of benzene rings is 4. The van der Waals surface area contributed by atoms with Gasteiger partial charge in [0, 0.05) is 0 Å². The monoisotopic (exact) mass is 536 g/mol. The third-order valence-corrected chi connectivity index (χ3v) is 10.5. The highest BCUT2D eigenvalue weighted by molar-refractivity contribution is 5.86. The van der Waals surface area contributed by atoms with E-state index in [1.54, 1.807) is 14.2 Å². The number of ether oxygens (including phenoxy) is 2. The molecular formula is C35H28N4O2+2. The van der Waals surface area contributed by atoms with E-state index in [2.05, 4.69) is 76.1 Å². The zero-order valence-corrected chi connectivity index (χ0v) is 22.9. The van der Waals surface area contributed by atoms with E-state index in [1.165, 1.54) is 55.6 Å². The SMILES string of the molecule is COc1cccc2c1C1(N)c3c(ccc4c3C3c5c-4ccc4c5C(N)(c5c(cccc5OC)C4)[n+]4ccc[n+]1c43)C2. The van der Waals surface area contributed by atoms with Gasteiger partial charge in [-0.15, -0.1) is 9.13 Å². The Hall–Kier alpha value is -4.52. The van der Waals surface area contributed by atoms with Crippen molar-refractivity contribution in [1.29, 1.82) is 0 Å². The highest BCUT2D eigenvalue weighted by Crippen LogP contribution is 2.61. The van der Waals surface area contributed by atoms with Crippen molar-refractivity contribution < 1.29 is 18.6 Å². The van der Waals surface area contributed by atoms with Crippen molar-refractivity contribution in [2.45, 2.75) is 30.1 Å². The lowest BCUT2D eigenvalue weighted by Crippen LogP contribution is -2.79. The number of rotatable bonds is 2. The maximum atomic E-state index is 7.83. The molecule has 10 rings (SSSR count). The first-order chi connectivity index (χ1) is 20.0. The van der Waals surface area contributed by atoms with E-state index in [9.17, 15) is 0 Å². The maximum Gasteiger partial charge on any atom is 0.434 e. The van der Waals surface area contributed by atoms with Gasteiger partial charge in [0.25, 0.3) is 11.3 Å². The van der Waals surface area contributed by atoms with Gasteiger partial charge < -0.3 is 9.47 Å². The Balaban J connectivity index is 1.43. The topological polar surface area (TPSA) is 78.3 Å². The molecule has 2 unspecified atom stereocenters. The molecule has 4 N–H and O–H groups in total. The van der Waals surface area contributed by atoms with Crippen LogP contribution in [0.5, 0.6) is 11.5 Å². The molecule has 2 aliphatic heterocycles. The number of fused-ring (bicyclic) bond motifs is 7. The van der Waals surface area contributed by atoms with Crippen LogP contribution in [-0.2, 0) is 24.2 Å². The average Bonchev–Trinajstić information content (AvgIpc) is 3.34. The van der Waals surface area contributed by atoms with Crippen LogP contribution < -0.4 is 30.1 Å². The zero-order valence-electron chi connectivity index (χ0n) is 22.9. The van der Waals surface area contributed by atoms with Gasteiger partial charge in [0.1, 0.15) is 11.5 Å². The minimum atomic E-state index is -0.966. The van der Waals surface area contributed by atoms with Crippen LogP contribution in [0.1, 0.15) is 67.4 Å². The molecule has 41 heavy (non-hydrogen) atoms. The molecular weight excluding hydrogens is 508 g/mol. The third kappa shape index (κ3) is 2.17. The summed E-state index contributed by atoms with van der Waals surface area (Å²) in [5, 5.41) is 0. The van der Waals surface area contributed by atoms with Crippen molar-refractivity contribution in [2.24, 2.45) is 11.5 Å². The second-order valence-corrected chi connectivity index (χ2v) is 12.0. The van der Waals surface area contributed by atoms with Crippen LogP contribution in [0.25, 0.3) is 11.1 Å². The molecule has 198 valence electrons. The molecule has 0 radical (unpaired) electrons. The molecule has 6 nitrogen and oxygen atoms in total. The lowest BCUT2D eigenvalue weighted by Gasteiger charge is -2.43. The van der Waals surface area contributed by atoms with Gasteiger partial charge in [-0.25, -0.2) is 0 Å². The molecule has 3 heterocycles. The molecule has 0 saturated heterocycles. The van der Waals surface area contributed by atoms with E-state index < -0.39 is 11.3 Å². The van der Waals surface area contributed by atoms with Gasteiger partial charge in [-0.1, -0.05) is 48.5 Å². The standard InChI is InChI=1S/C35H28N4O2/c1-40-24-8-3-6-18-16-20-10-12-22-23-13-11-21-17-19-7-4-9-25(41-2)30(19)35(37)32(21)27(23)28-26(22)31(20)34(36,29(18)24)38-14-5-15-39(35)33(28)38/h3-15,28H,16-17,36-37H2,1-2H3/q+2. The molecule has 0 saturated carbocycles. The van der Waals surface area contributed by atoms with Gasteiger partial charge >= 0.3 is 5.82 Å². The highest BCUT2D eigenvalue weighted by Gasteiger charge is 2.68. The van der Waals surface area contributed by atoms with Crippen molar-refractivity contribution in [2.75, 3.05) is 14.2 Å². The fraction of sp³-hybridized carbons (Fsp3) is 0.200. The Labute approximate surface area is 237 Å². The summed E-state index contributed by atoms with van der Waals surface area (Å²) in [6, 6.07) is 23.8. The van der Waals surface area contributed by atoms with Crippen molar-refractivity contribution in [1.82, 2.24) is 0 Å². The summed E-state index contributed by atoms with van der Waals surface area (Å²) < 4.78 is 16.6. The van der Waals surface area contributed by atoms with Crippen molar-refractivity contribution in [3.05, 3.63) is 141 Å². The van der Waals surface area contributed by atoms with Gasteiger partial charge in [0.15, 0.2) is 18.3 Å². The molecule has 6 heteroatoms. The molecule has 0 fully saturated rings. The number of methoxy groups -OCH3 is 2. The number of hydrogen-bond acceptors (Lipinski definition) is 4. The van der Waals surface area contributed by atoms with E-state index in [-0.39, 0.29) is 5.92 Å². The molecule has 0 amide bonds. The minimum Gasteiger partial charge on any atom is -0.496 e. The summed E-state index contributed by atoms with van der Waals surface area (Å²) in [5.41, 5.74) is 28.3. The average molecular weight is 537 g/mol. The van der Waals surface area contributed by atoms with Crippen LogP contribution in [0.3, 0.4) is 0 Å². The number of nitrogens with zero attached hydrogens (tertiary/aromatic N) is 2. The summed E-state index contributed by atoms with van der Waals surface area (Å²) in [6.45, 7) is 0. The Bertz CT molecular complexity index is 1940. The van der Waals surface area contributed by atoms with Crippen molar-refractivity contribution >= 4 is 0 Å². The fourth-order valence-electron chi connectivity index (χ4n) is 9.15. The van der Waals surface area contributed by atoms with Gasteiger partial charge in [-0.05, 0) is 69.5 Å². The minimum absolute atomic E-state index is 0.0342. The Morgan fingerprint density at radius 1 is 0.610 bits per heavy atom. The van der Waals surface area contributed by atoms with E-state index in [1.807, 2.05) is 12.1 Å². The molecule has 4 aromatic carbocycles. The first-order valence-corrected chi connectivity index (χ1v) is 14.2. The van der Waals surface area contributed by atoms with Gasteiger partial charge in [0.2, 0.25) is 0 Å². The zero-order chi connectivity index (χ0) is 27.4. The van der Waals surface area contributed by atoms with E-state index in [0.29, 0.717) is 0 Å². The summed E-state index contributed by atoms with van der Waals surface area (Å²) in [5.74, 6) is 2.74. The maximum absolute atomic E-state index is 7.83. The second kappa shape index (κ2) is 6.85. The lowest BCUT2D eigenvalue weighted by molar-refractivity contribution is -0.881. The summed E-state index contributed by atoms with van der Waals surface area (Å²) >= 11 is 0. The van der Waals surface area contributed by atoms with Crippen molar-refractivity contribution in [3.8, 4) is 22.6 Å². The lowest BCUT2D eigenvalue weighted by atomic mass is 9.67. The Morgan fingerprint density at radius 3 is 1.54 bits per heavy atom. The molecule has 0 spiro atoms. The van der Waals surface area contributed by atoms with Crippen molar-refractivity contribution in [3.63, 3.8) is 0 Å². The van der Waals surface area contributed by atoms with Gasteiger partial charge in [-0.3, -0.25) is 11.5 Å². The van der Waals surface area contributed by atoms with E-state index in [0.717, 1.165) is 41.3 Å². The van der Waals surface area contributed by atoms with E-state index in [4.69, 9.17) is 20.9 Å². The second-order valence-electron chi connectivity index (χ2n) is 12.0. The highest BCUT2D eigenvalue weighted by atomic mass is 16.5. The van der Waals surface area contributed by atoms with Crippen LogP contribution >= 0.6 is 0 Å². The van der Waals surface area contributed by atoms with Crippen LogP contribution in [0.2, 0.25) is 0 Å².